The third kappa shape index (κ3) is 3.85. The lowest BCUT2D eigenvalue weighted by atomic mass is 9.75. The molecular weight excluding hydrogens is 550 g/mol. The molecule has 1 aliphatic rings. The molecule has 45 heavy (non-hydrogen) atoms. The van der Waals surface area contributed by atoms with E-state index in [4.69, 9.17) is 14.7 Å². The lowest BCUT2D eigenvalue weighted by Crippen LogP contribution is -2.24. The van der Waals surface area contributed by atoms with Crippen molar-refractivity contribution in [3.63, 3.8) is 0 Å². The lowest BCUT2D eigenvalue weighted by molar-refractivity contribution is 0.423. The second-order valence-electron chi connectivity index (χ2n) is 12.2. The van der Waals surface area contributed by atoms with Crippen LogP contribution in [-0.4, -0.2) is 14.5 Å². The maximum atomic E-state index is 6.71. The molecule has 0 bridgehead atoms. The first-order valence-corrected chi connectivity index (χ1v) is 15.3. The van der Waals surface area contributed by atoms with Gasteiger partial charge in [0.2, 0.25) is 0 Å². The van der Waals surface area contributed by atoms with Crippen LogP contribution in [0.15, 0.2) is 140 Å². The number of ether oxygens (including phenoxy) is 1. The summed E-state index contributed by atoms with van der Waals surface area (Å²) in [6, 6.07) is 48.6. The van der Waals surface area contributed by atoms with E-state index in [1.165, 1.54) is 16.5 Å². The minimum Gasteiger partial charge on any atom is -0.456 e. The van der Waals surface area contributed by atoms with Gasteiger partial charge in [-0.1, -0.05) is 105 Å². The van der Waals surface area contributed by atoms with Crippen LogP contribution >= 0.6 is 0 Å². The van der Waals surface area contributed by atoms with E-state index < -0.39 is 0 Å². The van der Waals surface area contributed by atoms with Crippen molar-refractivity contribution in [1.29, 1.82) is 0 Å². The van der Waals surface area contributed by atoms with Crippen LogP contribution in [0, 0.1) is 0 Å². The van der Waals surface area contributed by atoms with Gasteiger partial charge in [0.05, 0.1) is 27.6 Å². The second kappa shape index (κ2) is 9.63. The van der Waals surface area contributed by atoms with Crippen LogP contribution in [0.25, 0.3) is 61.0 Å². The van der Waals surface area contributed by atoms with Crippen molar-refractivity contribution < 1.29 is 4.74 Å². The number of hydrogen-bond donors (Lipinski definition) is 0. The van der Waals surface area contributed by atoms with Crippen molar-refractivity contribution in [3.8, 4) is 39.8 Å². The van der Waals surface area contributed by atoms with Gasteiger partial charge in [-0.25, -0.2) is 9.97 Å². The first-order chi connectivity index (χ1) is 22.1. The Morgan fingerprint density at radius 1 is 0.556 bits per heavy atom. The van der Waals surface area contributed by atoms with Crippen LogP contribution in [0.2, 0.25) is 0 Å². The molecule has 214 valence electrons. The van der Waals surface area contributed by atoms with Gasteiger partial charge in [0, 0.05) is 44.1 Å². The summed E-state index contributed by atoms with van der Waals surface area (Å²) >= 11 is 0. The zero-order valence-electron chi connectivity index (χ0n) is 25.0. The van der Waals surface area contributed by atoms with Crippen LogP contribution < -0.4 is 4.74 Å². The maximum absolute atomic E-state index is 6.71. The first kappa shape index (κ1) is 25.7. The van der Waals surface area contributed by atoms with Crippen LogP contribution in [-0.2, 0) is 5.41 Å². The van der Waals surface area contributed by atoms with E-state index in [1.54, 1.807) is 0 Å². The summed E-state index contributed by atoms with van der Waals surface area (Å²) in [4.78, 5) is 10.0. The highest BCUT2D eigenvalue weighted by Gasteiger charge is 2.36. The molecule has 0 spiro atoms. The zero-order chi connectivity index (χ0) is 30.1. The van der Waals surface area contributed by atoms with Crippen molar-refractivity contribution in [1.82, 2.24) is 14.5 Å². The molecule has 0 atom stereocenters. The summed E-state index contributed by atoms with van der Waals surface area (Å²) in [7, 11) is 0. The molecule has 3 heterocycles. The van der Waals surface area contributed by atoms with Crippen molar-refractivity contribution >= 4 is 32.7 Å². The van der Waals surface area contributed by atoms with Gasteiger partial charge in [0.15, 0.2) is 5.82 Å². The zero-order valence-corrected chi connectivity index (χ0v) is 25.0. The Balaban J connectivity index is 1.21. The smallest absolute Gasteiger partial charge is 0.160 e. The van der Waals surface area contributed by atoms with Gasteiger partial charge in [0.1, 0.15) is 11.5 Å². The minimum atomic E-state index is -0.179. The molecule has 0 amide bonds. The van der Waals surface area contributed by atoms with Crippen LogP contribution in [0.5, 0.6) is 11.5 Å². The summed E-state index contributed by atoms with van der Waals surface area (Å²) in [6.07, 6.45) is 0. The van der Waals surface area contributed by atoms with E-state index in [2.05, 4.69) is 122 Å². The van der Waals surface area contributed by atoms with Gasteiger partial charge in [-0.3, -0.25) is 0 Å². The average molecular weight is 580 g/mol. The molecule has 6 aromatic carbocycles. The molecular formula is C41H29N3O. The summed E-state index contributed by atoms with van der Waals surface area (Å²) < 4.78 is 9.05. The standard InChI is InChI=1S/C41H29N3O/c1-41(2)31-16-8-11-19-36(31)45-39-32(41)24-25-35-37(39)30-15-7-10-18-34(30)44(35)28-22-20-27(21-23-28)40-42-33-17-9-6-14-29(33)38(43-40)26-12-4-3-5-13-26/h3-25H,1-2H3. The van der Waals surface area contributed by atoms with Crippen molar-refractivity contribution in [2.24, 2.45) is 0 Å². The molecule has 0 saturated heterocycles. The highest BCUT2D eigenvalue weighted by Crippen LogP contribution is 2.52. The Hall–Kier alpha value is -5.74. The number of aromatic nitrogens is 3. The fraction of sp³-hybridized carbons (Fsp3) is 0.0732. The molecule has 0 aliphatic carbocycles. The fourth-order valence-corrected chi connectivity index (χ4v) is 7.01. The Labute approximate surface area is 261 Å². The van der Waals surface area contributed by atoms with Crippen molar-refractivity contribution in [2.75, 3.05) is 0 Å². The molecule has 0 unspecified atom stereocenters. The molecule has 0 radical (unpaired) electrons. The number of para-hydroxylation sites is 3. The van der Waals surface area contributed by atoms with Crippen molar-refractivity contribution in [2.45, 2.75) is 19.3 Å². The SMILES string of the molecule is CC1(C)c2ccccc2Oc2c1ccc1c2c2ccccc2n1-c1ccc(-c2nc(-c3ccccc3)c3ccccc3n2)cc1. The second-order valence-corrected chi connectivity index (χ2v) is 12.2. The summed E-state index contributed by atoms with van der Waals surface area (Å²) in [5.41, 5.74) is 9.49. The van der Waals surface area contributed by atoms with Crippen LogP contribution in [0.4, 0.5) is 0 Å². The van der Waals surface area contributed by atoms with Gasteiger partial charge in [0.25, 0.3) is 0 Å². The molecule has 8 aromatic rings. The molecule has 0 saturated carbocycles. The van der Waals surface area contributed by atoms with Gasteiger partial charge in [-0.05, 0) is 48.5 Å². The van der Waals surface area contributed by atoms with E-state index in [9.17, 15) is 0 Å². The highest BCUT2D eigenvalue weighted by atomic mass is 16.5. The predicted molar refractivity (Wildman–Crippen MR) is 183 cm³/mol. The predicted octanol–water partition coefficient (Wildman–Crippen LogP) is 10.5. The number of rotatable bonds is 3. The summed E-state index contributed by atoms with van der Waals surface area (Å²) in [6.45, 7) is 4.57. The van der Waals surface area contributed by atoms with E-state index in [0.29, 0.717) is 5.82 Å². The molecule has 4 nitrogen and oxygen atoms in total. The molecule has 4 heteroatoms. The summed E-state index contributed by atoms with van der Waals surface area (Å²) in [5, 5.41) is 3.36. The number of hydrogen-bond acceptors (Lipinski definition) is 3. The Kier molecular flexibility index (Phi) is 5.51. The minimum absolute atomic E-state index is 0.179. The van der Waals surface area contributed by atoms with Gasteiger partial charge in [-0.15, -0.1) is 0 Å². The van der Waals surface area contributed by atoms with Gasteiger partial charge >= 0.3 is 0 Å². The third-order valence-corrected chi connectivity index (χ3v) is 9.27. The Morgan fingerprint density at radius 2 is 1.27 bits per heavy atom. The maximum Gasteiger partial charge on any atom is 0.160 e. The average Bonchev–Trinajstić information content (AvgIpc) is 3.43. The van der Waals surface area contributed by atoms with Gasteiger partial charge in [-0.2, -0.15) is 0 Å². The summed E-state index contributed by atoms with van der Waals surface area (Å²) in [5.74, 6) is 2.58. The number of fused-ring (bicyclic) bond motifs is 7. The van der Waals surface area contributed by atoms with Crippen LogP contribution in [0.3, 0.4) is 0 Å². The number of nitrogens with zero attached hydrogens (tertiary/aromatic N) is 3. The van der Waals surface area contributed by atoms with E-state index >= 15 is 0 Å². The topological polar surface area (TPSA) is 39.9 Å². The normalized spacial score (nSPS) is 13.5. The largest absolute Gasteiger partial charge is 0.456 e. The molecule has 0 fully saturated rings. The van der Waals surface area contributed by atoms with Crippen LogP contribution in [0.1, 0.15) is 25.0 Å². The van der Waals surface area contributed by atoms with E-state index in [-0.39, 0.29) is 5.41 Å². The highest BCUT2D eigenvalue weighted by molar-refractivity contribution is 6.13. The lowest BCUT2D eigenvalue weighted by Gasteiger charge is -2.34. The monoisotopic (exact) mass is 579 g/mol. The molecule has 0 N–H and O–H groups in total. The fourth-order valence-electron chi connectivity index (χ4n) is 7.01. The Bertz CT molecular complexity index is 2420. The number of benzene rings is 6. The molecule has 9 rings (SSSR count). The quantitative estimate of drug-likeness (QED) is 0.209. The van der Waals surface area contributed by atoms with Gasteiger partial charge < -0.3 is 9.30 Å². The van der Waals surface area contributed by atoms with E-state index in [1.807, 2.05) is 36.4 Å². The third-order valence-electron chi connectivity index (χ3n) is 9.27. The molecule has 2 aromatic heterocycles. The van der Waals surface area contributed by atoms with E-state index in [0.717, 1.165) is 61.3 Å². The first-order valence-electron chi connectivity index (χ1n) is 15.3. The molecule has 1 aliphatic heterocycles. The van der Waals surface area contributed by atoms with Crippen molar-refractivity contribution in [3.05, 3.63) is 151 Å². The Morgan fingerprint density at radius 3 is 2.11 bits per heavy atom.